The van der Waals surface area contributed by atoms with E-state index in [9.17, 15) is 9.18 Å². The summed E-state index contributed by atoms with van der Waals surface area (Å²) >= 11 is 5.59. The van der Waals surface area contributed by atoms with E-state index in [4.69, 9.17) is 11.6 Å². The molecule has 94 valence electrons. The lowest BCUT2D eigenvalue weighted by Crippen LogP contribution is -2.32. The Morgan fingerprint density at radius 1 is 1.35 bits per heavy atom. The summed E-state index contributed by atoms with van der Waals surface area (Å²) in [6, 6.07) is 3.92. The lowest BCUT2D eigenvalue weighted by atomic mass is 10.2. The molecular weight excluding hydrogens is 243 g/mol. The molecule has 0 aliphatic heterocycles. The van der Waals surface area contributed by atoms with Gasteiger partial charge < -0.3 is 10.6 Å². The molecule has 0 unspecified atom stereocenters. The van der Waals surface area contributed by atoms with Gasteiger partial charge in [0.05, 0.1) is 5.02 Å². The molecule has 17 heavy (non-hydrogen) atoms. The van der Waals surface area contributed by atoms with Crippen LogP contribution in [0.5, 0.6) is 0 Å². The Labute approximate surface area is 105 Å². The molecule has 0 radical (unpaired) electrons. The quantitative estimate of drug-likeness (QED) is 0.768. The minimum atomic E-state index is -0.521. The molecule has 3 nitrogen and oxygen atoms in total. The van der Waals surface area contributed by atoms with E-state index in [0.717, 1.165) is 13.0 Å². The van der Waals surface area contributed by atoms with Crippen LogP contribution in [-0.4, -0.2) is 25.5 Å². The molecule has 1 amide bonds. The smallest absolute Gasteiger partial charge is 0.251 e. The van der Waals surface area contributed by atoms with Crippen LogP contribution in [0.3, 0.4) is 0 Å². The van der Waals surface area contributed by atoms with Crippen molar-refractivity contribution >= 4 is 17.5 Å². The highest BCUT2D eigenvalue weighted by Crippen LogP contribution is 2.15. The lowest BCUT2D eigenvalue weighted by molar-refractivity contribution is 0.0954. The van der Waals surface area contributed by atoms with Crippen molar-refractivity contribution in [3.05, 3.63) is 34.6 Å². The van der Waals surface area contributed by atoms with Gasteiger partial charge in [0.25, 0.3) is 5.91 Å². The predicted octanol–water partition coefficient (Wildman–Crippen LogP) is 2.21. The Morgan fingerprint density at radius 2 is 2.12 bits per heavy atom. The number of benzene rings is 1. The molecule has 0 heterocycles. The van der Waals surface area contributed by atoms with Crippen LogP contribution < -0.4 is 10.6 Å². The molecule has 0 aromatic heterocycles. The molecule has 0 fully saturated rings. The first-order valence-corrected chi connectivity index (χ1v) is 5.97. The summed E-state index contributed by atoms with van der Waals surface area (Å²) in [5, 5.41) is 5.84. The molecule has 0 saturated carbocycles. The summed E-state index contributed by atoms with van der Waals surface area (Å²) in [6.07, 6.45) is 1.06. The highest BCUT2D eigenvalue weighted by atomic mass is 35.5. The predicted molar refractivity (Wildman–Crippen MR) is 66.9 cm³/mol. The molecule has 2 N–H and O–H groups in total. The normalized spacial score (nSPS) is 10.3. The zero-order valence-corrected chi connectivity index (χ0v) is 10.5. The van der Waals surface area contributed by atoms with Crippen LogP contribution in [0.2, 0.25) is 5.02 Å². The van der Waals surface area contributed by atoms with Crippen LogP contribution in [0, 0.1) is 5.82 Å². The van der Waals surface area contributed by atoms with Crippen LogP contribution in [0.4, 0.5) is 4.39 Å². The van der Waals surface area contributed by atoms with Gasteiger partial charge in [-0.2, -0.15) is 0 Å². The topological polar surface area (TPSA) is 41.1 Å². The van der Waals surface area contributed by atoms with Crippen LogP contribution in [0.15, 0.2) is 18.2 Å². The van der Waals surface area contributed by atoms with E-state index in [1.165, 1.54) is 18.2 Å². The second-order valence-corrected chi connectivity index (χ2v) is 4.04. The SMILES string of the molecule is CCCNCCNC(=O)c1ccc(F)c(Cl)c1. The van der Waals surface area contributed by atoms with Crippen molar-refractivity contribution in [3.63, 3.8) is 0 Å². The Bertz CT molecular complexity index is 385. The summed E-state index contributed by atoms with van der Waals surface area (Å²) in [5.74, 6) is -0.766. The number of rotatable bonds is 6. The standard InChI is InChI=1S/C12H16ClFN2O/c1-2-5-15-6-7-16-12(17)9-3-4-11(14)10(13)8-9/h3-4,8,15H,2,5-7H2,1H3,(H,16,17). The van der Waals surface area contributed by atoms with E-state index in [1.54, 1.807) is 0 Å². The maximum Gasteiger partial charge on any atom is 0.251 e. The highest BCUT2D eigenvalue weighted by molar-refractivity contribution is 6.31. The molecule has 1 aromatic carbocycles. The molecule has 1 rings (SSSR count). The molecular formula is C12H16ClFN2O. The van der Waals surface area contributed by atoms with Crippen molar-refractivity contribution in [3.8, 4) is 0 Å². The highest BCUT2D eigenvalue weighted by Gasteiger charge is 2.07. The number of hydrogen-bond acceptors (Lipinski definition) is 2. The van der Waals surface area contributed by atoms with Gasteiger partial charge >= 0.3 is 0 Å². The van der Waals surface area contributed by atoms with Crippen LogP contribution >= 0.6 is 11.6 Å². The van der Waals surface area contributed by atoms with Crippen molar-refractivity contribution in [1.82, 2.24) is 10.6 Å². The van der Waals surface area contributed by atoms with Gasteiger partial charge in [-0.15, -0.1) is 0 Å². The molecule has 0 spiro atoms. The third-order valence-corrected chi connectivity index (χ3v) is 2.49. The molecule has 0 atom stereocenters. The second kappa shape index (κ2) is 7.25. The van der Waals surface area contributed by atoms with Crippen molar-refractivity contribution in [2.45, 2.75) is 13.3 Å². The molecule has 0 aliphatic rings. The van der Waals surface area contributed by atoms with Crippen LogP contribution in [-0.2, 0) is 0 Å². The number of amides is 1. The number of nitrogens with one attached hydrogen (secondary N) is 2. The Balaban J connectivity index is 2.39. The van der Waals surface area contributed by atoms with E-state index in [2.05, 4.69) is 17.6 Å². The van der Waals surface area contributed by atoms with E-state index >= 15 is 0 Å². The van der Waals surface area contributed by atoms with Crippen molar-refractivity contribution in [2.75, 3.05) is 19.6 Å². The van der Waals surface area contributed by atoms with Gasteiger partial charge in [-0.1, -0.05) is 18.5 Å². The summed E-state index contributed by atoms with van der Waals surface area (Å²) in [7, 11) is 0. The first kappa shape index (κ1) is 13.9. The van der Waals surface area contributed by atoms with Gasteiger partial charge in [0.2, 0.25) is 0 Å². The molecule has 1 aromatic rings. The Hall–Kier alpha value is -1.13. The lowest BCUT2D eigenvalue weighted by Gasteiger charge is -2.06. The summed E-state index contributed by atoms with van der Waals surface area (Å²) < 4.78 is 12.9. The van der Waals surface area contributed by atoms with Gasteiger partial charge in [0.1, 0.15) is 5.82 Å². The molecule has 0 aliphatic carbocycles. The zero-order chi connectivity index (χ0) is 12.7. The average Bonchev–Trinajstić information content (AvgIpc) is 2.32. The number of carbonyl (C=O) groups excluding carboxylic acids is 1. The molecule has 0 bridgehead atoms. The van der Waals surface area contributed by atoms with Gasteiger partial charge in [0.15, 0.2) is 0 Å². The second-order valence-electron chi connectivity index (χ2n) is 3.63. The maximum atomic E-state index is 12.9. The summed E-state index contributed by atoms with van der Waals surface area (Å²) in [6.45, 7) is 4.26. The fraction of sp³-hybridized carbons (Fsp3) is 0.417. The minimum absolute atomic E-state index is 0.0400. The van der Waals surface area contributed by atoms with Gasteiger partial charge in [-0.05, 0) is 31.2 Å². The third kappa shape index (κ3) is 4.71. The fourth-order valence-corrected chi connectivity index (χ4v) is 1.49. The monoisotopic (exact) mass is 258 g/mol. The van der Waals surface area contributed by atoms with Crippen molar-refractivity contribution < 1.29 is 9.18 Å². The minimum Gasteiger partial charge on any atom is -0.351 e. The largest absolute Gasteiger partial charge is 0.351 e. The van der Waals surface area contributed by atoms with Crippen LogP contribution in [0.25, 0.3) is 0 Å². The summed E-state index contributed by atoms with van der Waals surface area (Å²) in [5.41, 5.74) is 0.367. The van der Waals surface area contributed by atoms with E-state index in [0.29, 0.717) is 18.7 Å². The molecule has 5 heteroatoms. The first-order chi connectivity index (χ1) is 8.15. The Morgan fingerprint density at radius 3 is 2.76 bits per heavy atom. The maximum absolute atomic E-state index is 12.9. The van der Waals surface area contributed by atoms with E-state index in [-0.39, 0.29) is 10.9 Å². The van der Waals surface area contributed by atoms with E-state index in [1.807, 2.05) is 0 Å². The third-order valence-electron chi connectivity index (χ3n) is 2.20. The number of carbonyl (C=O) groups is 1. The number of hydrogen-bond donors (Lipinski definition) is 2. The molecule has 0 saturated heterocycles. The van der Waals surface area contributed by atoms with Gasteiger partial charge in [0, 0.05) is 18.7 Å². The average molecular weight is 259 g/mol. The summed E-state index contributed by atoms with van der Waals surface area (Å²) in [4.78, 5) is 11.6. The van der Waals surface area contributed by atoms with Crippen molar-refractivity contribution in [1.29, 1.82) is 0 Å². The van der Waals surface area contributed by atoms with Gasteiger partial charge in [-0.3, -0.25) is 4.79 Å². The zero-order valence-electron chi connectivity index (χ0n) is 9.72. The number of halogens is 2. The van der Waals surface area contributed by atoms with E-state index < -0.39 is 5.82 Å². The van der Waals surface area contributed by atoms with Crippen molar-refractivity contribution in [2.24, 2.45) is 0 Å². The van der Waals surface area contributed by atoms with Gasteiger partial charge in [-0.25, -0.2) is 4.39 Å². The van der Waals surface area contributed by atoms with Crippen LogP contribution in [0.1, 0.15) is 23.7 Å². The first-order valence-electron chi connectivity index (χ1n) is 5.59. The fourth-order valence-electron chi connectivity index (χ4n) is 1.31. The Kier molecular flexibility index (Phi) is 5.94.